The topological polar surface area (TPSA) is 69.0 Å². The van der Waals surface area contributed by atoms with E-state index >= 15 is 0 Å². The monoisotopic (exact) mass is 470 g/mol. The van der Waals surface area contributed by atoms with Crippen LogP contribution in [0.3, 0.4) is 0 Å². The van der Waals surface area contributed by atoms with Gasteiger partial charge in [0.15, 0.2) is 28.7 Å². The molecule has 0 saturated carbocycles. The van der Waals surface area contributed by atoms with Crippen molar-refractivity contribution in [2.24, 2.45) is 5.92 Å². The molecular weight excluding hydrogens is 439 g/mol. The van der Waals surface area contributed by atoms with Gasteiger partial charge in [-0.15, -0.1) is 10.2 Å². The smallest absolute Gasteiger partial charge is 0.234 e. The molecule has 1 amide bonds. The number of benzene rings is 2. The normalized spacial score (nSPS) is 12.1. The van der Waals surface area contributed by atoms with Gasteiger partial charge in [0, 0.05) is 12.2 Å². The number of hydrogen-bond donors (Lipinski definition) is 1. The molecule has 1 unspecified atom stereocenters. The lowest BCUT2D eigenvalue weighted by atomic mass is 10.1. The first-order valence-corrected chi connectivity index (χ1v) is 12.1. The summed E-state index contributed by atoms with van der Waals surface area (Å²) in [6, 6.07) is 12.3. The maximum absolute atomic E-state index is 14.0. The minimum atomic E-state index is -0.504. The van der Waals surface area contributed by atoms with Crippen molar-refractivity contribution in [3.8, 4) is 5.75 Å². The summed E-state index contributed by atoms with van der Waals surface area (Å²) in [7, 11) is 0. The Morgan fingerprint density at radius 3 is 2.61 bits per heavy atom. The maximum atomic E-state index is 14.0. The van der Waals surface area contributed by atoms with Crippen LogP contribution in [0, 0.1) is 18.7 Å². The first-order valence-electron chi connectivity index (χ1n) is 11.2. The van der Waals surface area contributed by atoms with Crippen LogP contribution >= 0.6 is 11.8 Å². The fourth-order valence-electron chi connectivity index (χ4n) is 3.54. The Kier molecular flexibility index (Phi) is 8.49. The van der Waals surface area contributed by atoms with Crippen LogP contribution in [0.1, 0.15) is 50.8 Å². The van der Waals surface area contributed by atoms with E-state index in [9.17, 15) is 9.18 Å². The molecule has 176 valence electrons. The Bertz CT molecular complexity index is 1100. The van der Waals surface area contributed by atoms with Crippen molar-refractivity contribution in [3.63, 3.8) is 0 Å². The van der Waals surface area contributed by atoms with Crippen molar-refractivity contribution in [3.05, 3.63) is 65.2 Å². The standard InChI is InChI=1S/C25H31FN4O2S/c1-6-19-11-9-10-17(4)23(19)27-22(31)15-33-25-29-28-24(30(25)14-16(2)3)18(5)32-21-13-8-7-12-20(21)26/h7-13,16,18H,6,14-15H2,1-5H3,(H,27,31). The van der Waals surface area contributed by atoms with Gasteiger partial charge in [-0.05, 0) is 49.4 Å². The van der Waals surface area contributed by atoms with E-state index in [-0.39, 0.29) is 17.4 Å². The van der Waals surface area contributed by atoms with Gasteiger partial charge in [-0.1, -0.05) is 62.9 Å². The second kappa shape index (κ2) is 11.3. The third-order valence-corrected chi connectivity index (χ3v) is 6.10. The number of nitrogens with zero attached hydrogens (tertiary/aromatic N) is 3. The number of para-hydroxylation sites is 2. The molecular formula is C25H31FN4O2S. The fraction of sp³-hybridized carbons (Fsp3) is 0.400. The minimum Gasteiger partial charge on any atom is -0.480 e. The summed E-state index contributed by atoms with van der Waals surface area (Å²) in [5.74, 6) is 0.779. The van der Waals surface area contributed by atoms with E-state index in [1.54, 1.807) is 18.2 Å². The summed E-state index contributed by atoms with van der Waals surface area (Å²) in [5, 5.41) is 12.3. The van der Waals surface area contributed by atoms with Crippen molar-refractivity contribution >= 4 is 23.4 Å². The van der Waals surface area contributed by atoms with Crippen LogP contribution < -0.4 is 10.1 Å². The summed E-state index contributed by atoms with van der Waals surface area (Å²) >= 11 is 1.33. The molecule has 0 saturated heterocycles. The fourth-order valence-corrected chi connectivity index (χ4v) is 4.29. The Morgan fingerprint density at radius 1 is 1.15 bits per heavy atom. The van der Waals surface area contributed by atoms with Gasteiger partial charge in [-0.2, -0.15) is 0 Å². The van der Waals surface area contributed by atoms with Gasteiger partial charge in [0.2, 0.25) is 5.91 Å². The first kappa shape index (κ1) is 24.8. The van der Waals surface area contributed by atoms with E-state index in [1.165, 1.54) is 17.8 Å². The number of aryl methyl sites for hydroxylation is 2. The predicted molar refractivity (Wildman–Crippen MR) is 130 cm³/mol. The van der Waals surface area contributed by atoms with Crippen molar-refractivity contribution in [2.75, 3.05) is 11.1 Å². The molecule has 0 aliphatic carbocycles. The van der Waals surface area contributed by atoms with E-state index in [0.29, 0.717) is 23.4 Å². The van der Waals surface area contributed by atoms with E-state index in [2.05, 4.69) is 36.3 Å². The van der Waals surface area contributed by atoms with Crippen molar-refractivity contribution in [1.29, 1.82) is 0 Å². The number of halogens is 1. The molecule has 2 aromatic carbocycles. The number of aromatic nitrogens is 3. The van der Waals surface area contributed by atoms with Crippen LogP contribution in [-0.4, -0.2) is 26.4 Å². The molecule has 33 heavy (non-hydrogen) atoms. The largest absolute Gasteiger partial charge is 0.480 e. The number of thioether (sulfide) groups is 1. The molecule has 0 aliphatic rings. The second-order valence-corrected chi connectivity index (χ2v) is 9.28. The SMILES string of the molecule is CCc1cccc(C)c1NC(=O)CSc1nnc(C(C)Oc2ccccc2F)n1CC(C)C. The summed E-state index contributed by atoms with van der Waals surface area (Å²) < 4.78 is 21.8. The zero-order valence-corrected chi connectivity index (χ0v) is 20.6. The lowest BCUT2D eigenvalue weighted by Gasteiger charge is -2.18. The average molecular weight is 471 g/mol. The van der Waals surface area contributed by atoms with Crippen molar-refractivity contribution in [2.45, 2.75) is 58.8 Å². The van der Waals surface area contributed by atoms with Gasteiger partial charge < -0.3 is 14.6 Å². The quantitative estimate of drug-likeness (QED) is 0.379. The third-order valence-electron chi connectivity index (χ3n) is 5.13. The molecule has 1 aromatic heterocycles. The predicted octanol–water partition coefficient (Wildman–Crippen LogP) is 5.81. The number of carbonyl (C=O) groups is 1. The second-order valence-electron chi connectivity index (χ2n) is 8.34. The zero-order chi connectivity index (χ0) is 24.0. The molecule has 0 bridgehead atoms. The highest BCUT2D eigenvalue weighted by atomic mass is 32.2. The summed E-state index contributed by atoms with van der Waals surface area (Å²) in [6.45, 7) is 10.7. The first-order chi connectivity index (χ1) is 15.8. The highest BCUT2D eigenvalue weighted by Crippen LogP contribution is 2.27. The lowest BCUT2D eigenvalue weighted by molar-refractivity contribution is -0.113. The van der Waals surface area contributed by atoms with Crippen LogP contribution in [0.2, 0.25) is 0 Å². The average Bonchev–Trinajstić information content (AvgIpc) is 3.17. The van der Waals surface area contributed by atoms with Crippen LogP contribution in [0.4, 0.5) is 10.1 Å². The molecule has 3 aromatic rings. The van der Waals surface area contributed by atoms with E-state index in [1.807, 2.05) is 36.6 Å². The number of amides is 1. The van der Waals surface area contributed by atoms with Crippen LogP contribution in [-0.2, 0) is 17.8 Å². The summed E-state index contributed by atoms with van der Waals surface area (Å²) in [5.41, 5.74) is 3.02. The molecule has 3 rings (SSSR count). The Hall–Kier alpha value is -2.87. The van der Waals surface area contributed by atoms with Crippen molar-refractivity contribution in [1.82, 2.24) is 14.8 Å². The highest BCUT2D eigenvalue weighted by molar-refractivity contribution is 7.99. The van der Waals surface area contributed by atoms with Crippen molar-refractivity contribution < 1.29 is 13.9 Å². The van der Waals surface area contributed by atoms with E-state index in [0.717, 1.165) is 23.2 Å². The van der Waals surface area contributed by atoms with Gasteiger partial charge in [0.05, 0.1) is 5.75 Å². The van der Waals surface area contributed by atoms with Crippen LogP contribution in [0.25, 0.3) is 0 Å². The Balaban J connectivity index is 1.73. The number of rotatable bonds is 10. The van der Waals surface area contributed by atoms with Crippen LogP contribution in [0.15, 0.2) is 47.6 Å². The Labute approximate surface area is 199 Å². The maximum Gasteiger partial charge on any atom is 0.234 e. The molecule has 0 aliphatic heterocycles. The summed E-state index contributed by atoms with van der Waals surface area (Å²) in [4.78, 5) is 12.7. The minimum absolute atomic E-state index is 0.0969. The number of carbonyl (C=O) groups excluding carboxylic acids is 1. The van der Waals surface area contributed by atoms with Gasteiger partial charge >= 0.3 is 0 Å². The van der Waals surface area contributed by atoms with Gasteiger partial charge in [0.25, 0.3) is 0 Å². The Morgan fingerprint density at radius 2 is 1.91 bits per heavy atom. The number of hydrogen-bond acceptors (Lipinski definition) is 5. The molecule has 1 N–H and O–H groups in total. The van der Waals surface area contributed by atoms with Gasteiger partial charge in [-0.3, -0.25) is 4.79 Å². The zero-order valence-electron chi connectivity index (χ0n) is 19.8. The third kappa shape index (κ3) is 6.35. The molecule has 8 heteroatoms. The number of ether oxygens (including phenoxy) is 1. The van der Waals surface area contributed by atoms with Gasteiger partial charge in [0.1, 0.15) is 0 Å². The molecule has 6 nitrogen and oxygen atoms in total. The number of nitrogens with one attached hydrogen (secondary N) is 1. The highest BCUT2D eigenvalue weighted by Gasteiger charge is 2.22. The molecule has 0 radical (unpaired) electrons. The molecule has 0 fully saturated rings. The van der Waals surface area contributed by atoms with E-state index < -0.39 is 11.9 Å². The lowest BCUT2D eigenvalue weighted by Crippen LogP contribution is -2.18. The van der Waals surface area contributed by atoms with Gasteiger partial charge in [-0.25, -0.2) is 4.39 Å². The molecule has 0 spiro atoms. The van der Waals surface area contributed by atoms with E-state index in [4.69, 9.17) is 4.74 Å². The molecule has 1 heterocycles. The molecule has 1 atom stereocenters. The number of anilines is 1. The van der Waals surface area contributed by atoms with Crippen LogP contribution in [0.5, 0.6) is 5.75 Å². The summed E-state index contributed by atoms with van der Waals surface area (Å²) in [6.07, 6.45) is 0.339.